The Balaban J connectivity index is 2.03. The van der Waals surface area contributed by atoms with Crippen molar-refractivity contribution in [2.75, 3.05) is 24.9 Å². The quantitative estimate of drug-likeness (QED) is 0.848. The first kappa shape index (κ1) is 16.9. The minimum absolute atomic E-state index is 0.221. The number of nitrogens with zero attached hydrogens (tertiary/aromatic N) is 1. The van der Waals surface area contributed by atoms with Gasteiger partial charge in [-0.05, 0) is 31.2 Å². The summed E-state index contributed by atoms with van der Waals surface area (Å²) in [6.45, 7) is 1.75. The average molecular weight is 336 g/mol. The molecule has 0 spiro atoms. The third-order valence-electron chi connectivity index (χ3n) is 3.14. The first-order chi connectivity index (χ1) is 11.0. The third-order valence-corrected chi connectivity index (χ3v) is 3.38. The highest BCUT2D eigenvalue weighted by Gasteiger charge is 2.15. The van der Waals surface area contributed by atoms with Gasteiger partial charge in [0.1, 0.15) is 11.8 Å². The molecule has 0 fully saturated rings. The van der Waals surface area contributed by atoms with Gasteiger partial charge in [-0.15, -0.1) is 0 Å². The number of carbonyl (C=O) groups excluding carboxylic acids is 1. The Morgan fingerprint density at radius 1 is 1.22 bits per heavy atom. The van der Waals surface area contributed by atoms with Crippen LogP contribution in [0.2, 0.25) is 5.02 Å². The lowest BCUT2D eigenvalue weighted by molar-refractivity contribution is -0.116. The van der Waals surface area contributed by atoms with Crippen LogP contribution in [0.1, 0.15) is 6.92 Å². The van der Waals surface area contributed by atoms with E-state index in [1.165, 1.54) is 7.11 Å². The van der Waals surface area contributed by atoms with Gasteiger partial charge in [-0.1, -0.05) is 11.6 Å². The van der Waals surface area contributed by atoms with E-state index in [0.717, 1.165) is 0 Å². The monoisotopic (exact) mass is 335 g/mol. The number of hydrogen-bond acceptors (Lipinski definition) is 5. The lowest BCUT2D eigenvalue weighted by Gasteiger charge is -2.16. The molecule has 1 heterocycles. The number of carbonyl (C=O) groups is 1. The summed E-state index contributed by atoms with van der Waals surface area (Å²) in [5.74, 6) is 0.832. The maximum atomic E-state index is 12.3. The van der Waals surface area contributed by atoms with Crippen molar-refractivity contribution in [3.05, 3.63) is 41.6 Å². The molecule has 1 aromatic carbocycles. The number of aromatic nitrogens is 1. The summed E-state index contributed by atoms with van der Waals surface area (Å²) >= 11 is 5.95. The van der Waals surface area contributed by atoms with Crippen molar-refractivity contribution in [1.29, 1.82) is 0 Å². The lowest BCUT2D eigenvalue weighted by Crippen LogP contribution is -2.32. The first-order valence-electron chi connectivity index (χ1n) is 6.94. The molecule has 122 valence electrons. The molecule has 1 amide bonds. The number of anilines is 2. The highest BCUT2D eigenvalue weighted by molar-refractivity contribution is 6.31. The van der Waals surface area contributed by atoms with E-state index in [9.17, 15) is 4.79 Å². The van der Waals surface area contributed by atoms with Gasteiger partial charge in [0.05, 0.1) is 31.8 Å². The van der Waals surface area contributed by atoms with Gasteiger partial charge < -0.3 is 20.1 Å². The molecule has 0 saturated carbocycles. The fraction of sp³-hybridized carbons (Fsp3) is 0.250. The third kappa shape index (κ3) is 4.50. The number of rotatable bonds is 6. The number of hydrogen-bond donors (Lipinski definition) is 2. The minimum Gasteiger partial charge on any atom is -0.495 e. The number of pyridine rings is 1. The molecule has 2 aromatic rings. The van der Waals surface area contributed by atoms with E-state index in [4.69, 9.17) is 21.1 Å². The smallest absolute Gasteiger partial charge is 0.246 e. The van der Waals surface area contributed by atoms with E-state index < -0.39 is 6.04 Å². The predicted molar refractivity (Wildman–Crippen MR) is 90.5 cm³/mol. The van der Waals surface area contributed by atoms with Crippen LogP contribution in [0.15, 0.2) is 36.5 Å². The van der Waals surface area contributed by atoms with Crippen LogP contribution >= 0.6 is 11.6 Å². The van der Waals surface area contributed by atoms with Crippen LogP contribution in [0.3, 0.4) is 0 Å². The van der Waals surface area contributed by atoms with Crippen LogP contribution in [0.25, 0.3) is 0 Å². The molecular formula is C16H18ClN3O3. The van der Waals surface area contributed by atoms with Gasteiger partial charge >= 0.3 is 0 Å². The predicted octanol–water partition coefficient (Wildman–Crippen LogP) is 3.19. The molecule has 1 aromatic heterocycles. The average Bonchev–Trinajstić information content (AvgIpc) is 2.55. The van der Waals surface area contributed by atoms with Crippen molar-refractivity contribution < 1.29 is 14.3 Å². The molecular weight excluding hydrogens is 318 g/mol. The van der Waals surface area contributed by atoms with Gasteiger partial charge in [0.25, 0.3) is 0 Å². The zero-order valence-corrected chi connectivity index (χ0v) is 13.8. The summed E-state index contributed by atoms with van der Waals surface area (Å²) < 4.78 is 10.2. The molecule has 2 N–H and O–H groups in total. The van der Waals surface area contributed by atoms with Crippen LogP contribution in [0.4, 0.5) is 11.4 Å². The standard InChI is InChI=1S/C16H18ClN3O3/c1-10(19-12-5-7-15(23-3)18-9-12)16(21)20-13-8-11(17)4-6-14(13)22-2/h4-10,19H,1-3H3,(H,20,21). The first-order valence-corrected chi connectivity index (χ1v) is 7.32. The summed E-state index contributed by atoms with van der Waals surface area (Å²) in [5, 5.41) is 6.37. The molecule has 23 heavy (non-hydrogen) atoms. The second kappa shape index (κ2) is 7.69. The van der Waals surface area contributed by atoms with Gasteiger partial charge in [0.15, 0.2) is 0 Å². The fourth-order valence-corrected chi connectivity index (χ4v) is 2.09. The molecule has 0 saturated heterocycles. The summed E-state index contributed by atoms with van der Waals surface area (Å²) in [4.78, 5) is 16.4. The zero-order chi connectivity index (χ0) is 16.8. The lowest BCUT2D eigenvalue weighted by atomic mass is 10.2. The number of amides is 1. The maximum absolute atomic E-state index is 12.3. The summed E-state index contributed by atoms with van der Waals surface area (Å²) in [6.07, 6.45) is 1.60. The molecule has 0 aliphatic rings. The number of benzene rings is 1. The number of ether oxygens (including phenoxy) is 2. The Labute approximate surface area is 139 Å². The van der Waals surface area contributed by atoms with Crippen molar-refractivity contribution >= 4 is 28.9 Å². The Hall–Kier alpha value is -2.47. The number of halogens is 1. The van der Waals surface area contributed by atoms with Crippen molar-refractivity contribution in [2.45, 2.75) is 13.0 Å². The Morgan fingerprint density at radius 2 is 2.00 bits per heavy atom. The second-order valence-electron chi connectivity index (χ2n) is 4.79. The van der Waals surface area contributed by atoms with Gasteiger partial charge in [-0.3, -0.25) is 4.79 Å². The Morgan fingerprint density at radius 3 is 2.61 bits per heavy atom. The van der Waals surface area contributed by atoms with E-state index in [2.05, 4.69) is 15.6 Å². The molecule has 1 unspecified atom stereocenters. The van der Waals surface area contributed by atoms with Gasteiger partial charge in [0, 0.05) is 11.1 Å². The SMILES string of the molecule is COc1ccc(NC(C)C(=O)Nc2cc(Cl)ccc2OC)cn1. The molecule has 0 aliphatic carbocycles. The van der Waals surface area contributed by atoms with E-state index in [0.29, 0.717) is 28.0 Å². The largest absolute Gasteiger partial charge is 0.495 e. The van der Waals surface area contributed by atoms with Crippen molar-refractivity contribution in [2.24, 2.45) is 0 Å². The van der Waals surface area contributed by atoms with Crippen LogP contribution < -0.4 is 20.1 Å². The number of methoxy groups -OCH3 is 2. The van der Waals surface area contributed by atoms with Crippen LogP contribution in [-0.4, -0.2) is 31.2 Å². The van der Waals surface area contributed by atoms with Gasteiger partial charge in [-0.2, -0.15) is 0 Å². The van der Waals surface area contributed by atoms with Gasteiger partial charge in [-0.25, -0.2) is 4.98 Å². The topological polar surface area (TPSA) is 72.5 Å². The Kier molecular flexibility index (Phi) is 5.65. The fourth-order valence-electron chi connectivity index (χ4n) is 1.92. The van der Waals surface area contributed by atoms with Crippen LogP contribution in [-0.2, 0) is 4.79 Å². The molecule has 0 radical (unpaired) electrons. The molecule has 1 atom stereocenters. The van der Waals surface area contributed by atoms with Crippen LogP contribution in [0.5, 0.6) is 11.6 Å². The Bertz CT molecular complexity index is 677. The molecule has 2 rings (SSSR count). The second-order valence-corrected chi connectivity index (χ2v) is 5.23. The maximum Gasteiger partial charge on any atom is 0.246 e. The summed E-state index contributed by atoms with van der Waals surface area (Å²) in [7, 11) is 3.08. The molecule has 6 nitrogen and oxygen atoms in total. The highest BCUT2D eigenvalue weighted by Crippen LogP contribution is 2.27. The summed E-state index contributed by atoms with van der Waals surface area (Å²) in [5.41, 5.74) is 1.23. The minimum atomic E-state index is -0.478. The van der Waals surface area contributed by atoms with Crippen molar-refractivity contribution in [3.63, 3.8) is 0 Å². The summed E-state index contributed by atoms with van der Waals surface area (Å²) in [6, 6.07) is 8.06. The van der Waals surface area contributed by atoms with E-state index in [-0.39, 0.29) is 5.91 Å². The molecule has 7 heteroatoms. The van der Waals surface area contributed by atoms with Crippen LogP contribution in [0, 0.1) is 0 Å². The van der Waals surface area contributed by atoms with Crippen molar-refractivity contribution in [1.82, 2.24) is 4.98 Å². The van der Waals surface area contributed by atoms with E-state index >= 15 is 0 Å². The van der Waals surface area contributed by atoms with E-state index in [1.807, 2.05) is 0 Å². The zero-order valence-electron chi connectivity index (χ0n) is 13.1. The highest BCUT2D eigenvalue weighted by atomic mass is 35.5. The number of nitrogens with one attached hydrogen (secondary N) is 2. The normalized spacial score (nSPS) is 11.5. The van der Waals surface area contributed by atoms with Gasteiger partial charge in [0.2, 0.25) is 11.8 Å². The molecule has 0 bridgehead atoms. The van der Waals surface area contributed by atoms with Crippen molar-refractivity contribution in [3.8, 4) is 11.6 Å². The molecule has 0 aliphatic heterocycles. The van der Waals surface area contributed by atoms with E-state index in [1.54, 1.807) is 50.6 Å².